The summed E-state index contributed by atoms with van der Waals surface area (Å²) in [5.74, 6) is -0.511. The fraction of sp³-hybridized carbons (Fsp3) is 0.231. The molecule has 0 bridgehead atoms. The van der Waals surface area contributed by atoms with E-state index >= 15 is 0 Å². The Morgan fingerprint density at radius 3 is 2.53 bits per heavy atom. The summed E-state index contributed by atoms with van der Waals surface area (Å²) in [6.07, 6.45) is -0.942. The van der Waals surface area contributed by atoms with Crippen molar-refractivity contribution < 1.29 is 19.1 Å². The molecule has 3 aromatic rings. The molecule has 0 aliphatic heterocycles. The summed E-state index contributed by atoms with van der Waals surface area (Å²) < 4.78 is 10.8. The van der Waals surface area contributed by atoms with Crippen LogP contribution in [0.15, 0.2) is 59.4 Å². The number of pyridine rings is 1. The molecule has 8 nitrogen and oxygen atoms in total. The normalized spacial score (nSPS) is 11.2. The summed E-state index contributed by atoms with van der Waals surface area (Å²) in [5, 5.41) is 12.0. The number of aromatic amines is 1. The summed E-state index contributed by atoms with van der Waals surface area (Å²) >= 11 is 0. The van der Waals surface area contributed by atoms with Crippen LogP contribution in [-0.4, -0.2) is 24.0 Å². The average molecular weight is 460 g/mol. The largest absolute Gasteiger partial charge is 0.497 e. The van der Waals surface area contributed by atoms with Crippen LogP contribution >= 0.6 is 0 Å². The van der Waals surface area contributed by atoms with Crippen LogP contribution in [0.5, 0.6) is 5.75 Å². The Hall–Kier alpha value is -4.38. The van der Waals surface area contributed by atoms with Crippen molar-refractivity contribution in [1.82, 2.24) is 4.98 Å². The van der Waals surface area contributed by atoms with Crippen molar-refractivity contribution in [3.63, 3.8) is 0 Å². The van der Waals surface area contributed by atoms with Crippen LogP contribution in [0, 0.1) is 25.2 Å². The third-order valence-electron chi connectivity index (χ3n) is 5.43. The smallest absolute Gasteiger partial charge is 0.307 e. The number of nitrogens with zero attached hydrogens (tertiary/aromatic N) is 1. The molecule has 1 unspecified atom stereocenters. The maximum absolute atomic E-state index is 13.0. The lowest BCUT2D eigenvalue weighted by Crippen LogP contribution is -2.26. The quantitative estimate of drug-likeness (QED) is 0.495. The summed E-state index contributed by atoms with van der Waals surface area (Å²) in [5.41, 5.74) is 2.42. The number of methoxy groups -OCH3 is 1. The Labute approximate surface area is 197 Å². The minimum absolute atomic E-state index is 0.0220. The molecule has 0 spiro atoms. The van der Waals surface area contributed by atoms with E-state index in [0.29, 0.717) is 33.8 Å². The van der Waals surface area contributed by atoms with E-state index in [4.69, 9.17) is 9.47 Å². The summed E-state index contributed by atoms with van der Waals surface area (Å²) in [6.45, 7) is 3.39. The van der Waals surface area contributed by atoms with E-state index in [0.717, 1.165) is 0 Å². The lowest BCUT2D eigenvalue weighted by molar-refractivity contribution is -0.154. The Bertz CT molecular complexity index is 1290. The number of aryl methyl sites for hydroxylation is 1. The number of carbonyl (C=O) groups excluding carboxylic acids is 2. The standard InChI is InChI=1S/C26H25N3O5/c1-16-21(17(2)28-25(31)22(16)15-27)12-13-23(30)34-24(18-8-5-4-6-9-18)26(32)29-19-10-7-11-20(14-19)33-3/h4-11,14,24H,12-13H2,1-3H3,(H,28,31)(H,29,32). The van der Waals surface area contributed by atoms with Crippen LogP contribution in [0.2, 0.25) is 0 Å². The first-order chi connectivity index (χ1) is 16.3. The number of hydrogen-bond donors (Lipinski definition) is 2. The van der Waals surface area contributed by atoms with Gasteiger partial charge in [0.25, 0.3) is 11.5 Å². The molecule has 1 amide bonds. The first-order valence-corrected chi connectivity index (χ1v) is 10.7. The van der Waals surface area contributed by atoms with E-state index in [-0.39, 0.29) is 18.4 Å². The zero-order valence-electron chi connectivity index (χ0n) is 19.2. The SMILES string of the molecule is COc1cccc(NC(=O)C(OC(=O)CCc2c(C)[nH]c(=O)c(C#N)c2C)c2ccccc2)c1. The van der Waals surface area contributed by atoms with Gasteiger partial charge in [-0.05, 0) is 43.5 Å². The molecule has 2 N–H and O–H groups in total. The number of carbonyl (C=O) groups is 2. The Kier molecular flexibility index (Phi) is 7.83. The van der Waals surface area contributed by atoms with Gasteiger partial charge in [-0.1, -0.05) is 36.4 Å². The lowest BCUT2D eigenvalue weighted by atomic mass is 9.99. The van der Waals surface area contributed by atoms with Gasteiger partial charge in [0.1, 0.15) is 17.4 Å². The molecule has 2 aromatic carbocycles. The Morgan fingerprint density at radius 2 is 1.85 bits per heavy atom. The Balaban J connectivity index is 1.77. The van der Waals surface area contributed by atoms with Gasteiger partial charge in [0, 0.05) is 29.4 Å². The minimum Gasteiger partial charge on any atom is -0.497 e. The first-order valence-electron chi connectivity index (χ1n) is 10.7. The Morgan fingerprint density at radius 1 is 1.12 bits per heavy atom. The molecular weight excluding hydrogens is 434 g/mol. The average Bonchev–Trinajstić information content (AvgIpc) is 2.83. The number of ether oxygens (including phenoxy) is 2. The van der Waals surface area contributed by atoms with Gasteiger partial charge in [0.15, 0.2) is 0 Å². The van der Waals surface area contributed by atoms with E-state index in [9.17, 15) is 19.6 Å². The van der Waals surface area contributed by atoms with Gasteiger partial charge in [-0.25, -0.2) is 0 Å². The number of anilines is 1. The van der Waals surface area contributed by atoms with Crippen molar-refractivity contribution in [3.05, 3.63) is 92.9 Å². The molecule has 0 aliphatic carbocycles. The molecule has 8 heteroatoms. The van der Waals surface area contributed by atoms with E-state index in [1.54, 1.807) is 68.4 Å². The molecule has 34 heavy (non-hydrogen) atoms. The molecule has 0 aliphatic rings. The van der Waals surface area contributed by atoms with Gasteiger partial charge in [0.2, 0.25) is 6.10 Å². The van der Waals surface area contributed by atoms with Gasteiger partial charge in [-0.15, -0.1) is 0 Å². The number of H-pyrrole nitrogens is 1. The number of esters is 1. The molecular formula is C26H25N3O5. The zero-order valence-corrected chi connectivity index (χ0v) is 19.2. The number of nitriles is 1. The van der Waals surface area contributed by atoms with Crippen LogP contribution in [0.3, 0.4) is 0 Å². The van der Waals surface area contributed by atoms with Crippen LogP contribution in [0.1, 0.15) is 40.5 Å². The van der Waals surface area contributed by atoms with Crippen LogP contribution in [0.25, 0.3) is 0 Å². The zero-order chi connectivity index (χ0) is 24.7. The number of aromatic nitrogens is 1. The fourth-order valence-electron chi connectivity index (χ4n) is 3.65. The van der Waals surface area contributed by atoms with Crippen molar-refractivity contribution in [2.45, 2.75) is 32.8 Å². The van der Waals surface area contributed by atoms with Crippen LogP contribution in [0.4, 0.5) is 5.69 Å². The highest BCUT2D eigenvalue weighted by Crippen LogP contribution is 2.23. The molecule has 1 aromatic heterocycles. The van der Waals surface area contributed by atoms with Crippen molar-refractivity contribution in [1.29, 1.82) is 5.26 Å². The van der Waals surface area contributed by atoms with Crippen molar-refractivity contribution in [2.24, 2.45) is 0 Å². The molecule has 0 saturated heterocycles. The topological polar surface area (TPSA) is 121 Å². The highest BCUT2D eigenvalue weighted by molar-refractivity contribution is 5.96. The maximum atomic E-state index is 13.0. The third-order valence-corrected chi connectivity index (χ3v) is 5.43. The van der Waals surface area contributed by atoms with Crippen molar-refractivity contribution in [2.75, 3.05) is 12.4 Å². The van der Waals surface area contributed by atoms with Crippen LogP contribution < -0.4 is 15.6 Å². The summed E-state index contributed by atoms with van der Waals surface area (Å²) in [6, 6.07) is 17.5. The molecule has 0 saturated carbocycles. The van der Waals surface area contributed by atoms with Gasteiger partial charge in [0.05, 0.1) is 7.11 Å². The minimum atomic E-state index is -1.16. The first kappa shape index (κ1) is 24.3. The maximum Gasteiger partial charge on any atom is 0.307 e. The highest BCUT2D eigenvalue weighted by atomic mass is 16.5. The fourth-order valence-corrected chi connectivity index (χ4v) is 3.65. The number of hydrogen-bond acceptors (Lipinski definition) is 6. The van der Waals surface area contributed by atoms with Gasteiger partial charge in [-0.2, -0.15) is 5.26 Å². The molecule has 1 heterocycles. The van der Waals surface area contributed by atoms with Gasteiger partial charge < -0.3 is 19.8 Å². The second-order valence-corrected chi connectivity index (χ2v) is 7.67. The summed E-state index contributed by atoms with van der Waals surface area (Å²) in [4.78, 5) is 40.4. The third kappa shape index (κ3) is 5.70. The number of benzene rings is 2. The lowest BCUT2D eigenvalue weighted by Gasteiger charge is -2.19. The molecule has 174 valence electrons. The predicted molar refractivity (Wildman–Crippen MR) is 126 cm³/mol. The number of amides is 1. The number of rotatable bonds is 8. The second-order valence-electron chi connectivity index (χ2n) is 7.67. The van der Waals surface area contributed by atoms with Gasteiger partial charge >= 0.3 is 5.97 Å². The molecule has 0 radical (unpaired) electrons. The highest BCUT2D eigenvalue weighted by Gasteiger charge is 2.25. The van der Waals surface area contributed by atoms with E-state index in [1.165, 1.54) is 7.11 Å². The molecule has 0 fully saturated rings. The van der Waals surface area contributed by atoms with Crippen LogP contribution in [-0.2, 0) is 20.7 Å². The second kappa shape index (κ2) is 11.0. The monoisotopic (exact) mass is 459 g/mol. The molecule has 1 atom stereocenters. The van der Waals surface area contributed by atoms with Crippen molar-refractivity contribution in [3.8, 4) is 11.8 Å². The predicted octanol–water partition coefficient (Wildman–Crippen LogP) is 3.73. The van der Waals surface area contributed by atoms with E-state index < -0.39 is 23.5 Å². The van der Waals surface area contributed by atoms with E-state index in [1.807, 2.05) is 6.07 Å². The number of nitrogens with one attached hydrogen (secondary N) is 2. The van der Waals surface area contributed by atoms with E-state index in [2.05, 4.69) is 10.3 Å². The summed E-state index contributed by atoms with van der Waals surface area (Å²) in [7, 11) is 1.53. The molecule has 3 rings (SSSR count). The van der Waals surface area contributed by atoms with Crippen molar-refractivity contribution >= 4 is 17.6 Å². The van der Waals surface area contributed by atoms with Gasteiger partial charge in [-0.3, -0.25) is 14.4 Å².